The van der Waals surface area contributed by atoms with Crippen molar-refractivity contribution in [3.05, 3.63) is 23.5 Å². The molecule has 1 aliphatic rings. The van der Waals surface area contributed by atoms with Gasteiger partial charge in [-0.15, -0.1) is 0 Å². The van der Waals surface area contributed by atoms with Crippen LogP contribution in [0.15, 0.2) is 12.1 Å². The Bertz CT molecular complexity index is 435. The molecule has 1 fully saturated rings. The molecule has 0 N–H and O–H groups in total. The van der Waals surface area contributed by atoms with Crippen molar-refractivity contribution in [1.82, 2.24) is 9.47 Å². The summed E-state index contributed by atoms with van der Waals surface area (Å²) in [7, 11) is 0. The Hall–Kier alpha value is -1.39. The zero-order valence-corrected chi connectivity index (χ0v) is 11.2. The maximum atomic E-state index is 13.0. The third kappa shape index (κ3) is 3.14. The highest BCUT2D eigenvalue weighted by Gasteiger charge is 2.23. The number of hydrogen-bond donors (Lipinski definition) is 0. The monoisotopic (exact) mass is 270 g/mol. The standard InChI is InChI=1S/C14H20F2N2O/c1-11-7-8-12(18(11)14(15)16)13(19)17-9-5-3-2-4-6-10-17/h7-8,14H,2-6,9-10H2,1H3. The highest BCUT2D eigenvalue weighted by atomic mass is 19.3. The zero-order valence-electron chi connectivity index (χ0n) is 11.2. The summed E-state index contributed by atoms with van der Waals surface area (Å²) in [4.78, 5) is 14.1. The Morgan fingerprint density at radius 2 is 1.68 bits per heavy atom. The van der Waals surface area contributed by atoms with Gasteiger partial charge in [0.1, 0.15) is 5.69 Å². The second kappa shape index (κ2) is 6.17. The predicted octanol–water partition coefficient (Wildman–Crippen LogP) is 3.60. The number of carbonyl (C=O) groups is 1. The van der Waals surface area contributed by atoms with E-state index in [1.165, 1.54) is 12.5 Å². The van der Waals surface area contributed by atoms with E-state index in [9.17, 15) is 13.6 Å². The molecular weight excluding hydrogens is 250 g/mol. The number of likely N-dealkylation sites (tertiary alicyclic amines) is 1. The van der Waals surface area contributed by atoms with Crippen molar-refractivity contribution >= 4 is 5.91 Å². The van der Waals surface area contributed by atoms with Crippen LogP contribution in [-0.4, -0.2) is 28.5 Å². The van der Waals surface area contributed by atoms with E-state index in [0.29, 0.717) is 18.8 Å². The van der Waals surface area contributed by atoms with Gasteiger partial charge in [-0.3, -0.25) is 9.36 Å². The molecule has 0 aliphatic carbocycles. The number of carbonyl (C=O) groups excluding carboxylic acids is 1. The van der Waals surface area contributed by atoms with Gasteiger partial charge >= 0.3 is 6.55 Å². The fourth-order valence-electron chi connectivity index (χ4n) is 2.60. The molecule has 0 aromatic carbocycles. The lowest BCUT2D eigenvalue weighted by molar-refractivity contribution is 0.0546. The number of alkyl halides is 2. The van der Waals surface area contributed by atoms with Gasteiger partial charge in [-0.25, -0.2) is 0 Å². The van der Waals surface area contributed by atoms with E-state index in [1.54, 1.807) is 17.9 Å². The summed E-state index contributed by atoms with van der Waals surface area (Å²) in [6, 6.07) is 3.08. The molecule has 0 radical (unpaired) electrons. The third-order valence-corrected chi connectivity index (χ3v) is 3.68. The molecule has 1 saturated heterocycles. The molecular formula is C14H20F2N2O. The van der Waals surface area contributed by atoms with Gasteiger partial charge < -0.3 is 4.90 Å². The minimum Gasteiger partial charge on any atom is -0.337 e. The molecule has 0 atom stereocenters. The minimum atomic E-state index is -2.66. The Kier molecular flexibility index (Phi) is 4.56. The van der Waals surface area contributed by atoms with Crippen molar-refractivity contribution in [2.24, 2.45) is 0 Å². The Labute approximate surface area is 112 Å². The van der Waals surface area contributed by atoms with Crippen molar-refractivity contribution in [3.63, 3.8) is 0 Å². The van der Waals surface area contributed by atoms with Gasteiger partial charge in [0.25, 0.3) is 5.91 Å². The number of halogens is 2. The van der Waals surface area contributed by atoms with Crippen LogP contribution in [0.25, 0.3) is 0 Å². The highest BCUT2D eigenvalue weighted by molar-refractivity contribution is 5.93. The van der Waals surface area contributed by atoms with Crippen molar-refractivity contribution in [2.75, 3.05) is 13.1 Å². The molecule has 19 heavy (non-hydrogen) atoms. The SMILES string of the molecule is Cc1ccc(C(=O)N2CCCCCCC2)n1C(F)F. The number of nitrogens with zero attached hydrogens (tertiary/aromatic N) is 2. The first-order chi connectivity index (χ1) is 9.11. The average molecular weight is 270 g/mol. The summed E-state index contributed by atoms with van der Waals surface area (Å²) in [5, 5.41) is 0. The van der Waals surface area contributed by atoms with Crippen molar-refractivity contribution in [2.45, 2.75) is 45.6 Å². The van der Waals surface area contributed by atoms with Gasteiger partial charge in [-0.1, -0.05) is 19.3 Å². The first kappa shape index (κ1) is 14.0. The van der Waals surface area contributed by atoms with E-state index in [0.717, 1.165) is 30.3 Å². The van der Waals surface area contributed by atoms with E-state index < -0.39 is 6.55 Å². The molecule has 106 valence electrons. The molecule has 1 aromatic rings. The van der Waals surface area contributed by atoms with Gasteiger partial charge in [-0.2, -0.15) is 8.78 Å². The lowest BCUT2D eigenvalue weighted by Gasteiger charge is -2.25. The lowest BCUT2D eigenvalue weighted by atomic mass is 10.1. The van der Waals surface area contributed by atoms with E-state index in [-0.39, 0.29) is 11.6 Å². The molecule has 1 amide bonds. The largest absolute Gasteiger partial charge is 0.337 e. The fourth-order valence-corrected chi connectivity index (χ4v) is 2.60. The number of aromatic nitrogens is 1. The molecule has 2 heterocycles. The third-order valence-electron chi connectivity index (χ3n) is 3.68. The summed E-state index contributed by atoms with van der Waals surface area (Å²) in [5.74, 6) is -0.268. The normalized spacial score (nSPS) is 17.4. The van der Waals surface area contributed by atoms with Crippen molar-refractivity contribution < 1.29 is 13.6 Å². The van der Waals surface area contributed by atoms with Crippen LogP contribution < -0.4 is 0 Å². The summed E-state index contributed by atoms with van der Waals surface area (Å²) in [6.45, 7) is 0.276. The number of aryl methyl sites for hydroxylation is 1. The van der Waals surface area contributed by atoms with Gasteiger partial charge in [0, 0.05) is 18.8 Å². The van der Waals surface area contributed by atoms with Gasteiger partial charge in [0.05, 0.1) is 0 Å². The molecule has 0 unspecified atom stereocenters. The summed E-state index contributed by atoms with van der Waals surface area (Å²) in [6.07, 6.45) is 5.34. The Morgan fingerprint density at radius 1 is 1.11 bits per heavy atom. The average Bonchev–Trinajstić information content (AvgIpc) is 2.70. The molecule has 0 bridgehead atoms. The number of hydrogen-bond acceptors (Lipinski definition) is 1. The lowest BCUT2D eigenvalue weighted by Crippen LogP contribution is -2.35. The van der Waals surface area contributed by atoms with Crippen molar-refractivity contribution in [3.8, 4) is 0 Å². The predicted molar refractivity (Wildman–Crippen MR) is 69.4 cm³/mol. The van der Waals surface area contributed by atoms with Crippen LogP contribution in [0.5, 0.6) is 0 Å². The molecule has 3 nitrogen and oxygen atoms in total. The zero-order chi connectivity index (χ0) is 13.8. The van der Waals surface area contributed by atoms with Crippen LogP contribution in [0.3, 0.4) is 0 Å². The second-order valence-corrected chi connectivity index (χ2v) is 5.07. The van der Waals surface area contributed by atoms with Crippen LogP contribution in [0.4, 0.5) is 8.78 Å². The molecule has 0 saturated carbocycles. The van der Waals surface area contributed by atoms with Gasteiger partial charge in [-0.05, 0) is 31.9 Å². The highest BCUT2D eigenvalue weighted by Crippen LogP contribution is 2.21. The number of amides is 1. The smallest absolute Gasteiger partial charge is 0.319 e. The fraction of sp³-hybridized carbons (Fsp3) is 0.643. The first-order valence-electron chi connectivity index (χ1n) is 6.86. The molecule has 5 heteroatoms. The Balaban J connectivity index is 2.18. The minimum absolute atomic E-state index is 0.105. The van der Waals surface area contributed by atoms with Crippen LogP contribution in [0, 0.1) is 6.92 Å². The number of rotatable bonds is 2. The molecule has 1 aliphatic heterocycles. The van der Waals surface area contributed by atoms with Crippen molar-refractivity contribution in [1.29, 1.82) is 0 Å². The van der Waals surface area contributed by atoms with E-state index in [2.05, 4.69) is 0 Å². The first-order valence-corrected chi connectivity index (χ1v) is 6.86. The van der Waals surface area contributed by atoms with E-state index >= 15 is 0 Å². The maximum Gasteiger partial charge on any atom is 0.319 e. The molecule has 0 spiro atoms. The maximum absolute atomic E-state index is 13.0. The van der Waals surface area contributed by atoms with Crippen LogP contribution in [0.2, 0.25) is 0 Å². The van der Waals surface area contributed by atoms with Crippen LogP contribution in [-0.2, 0) is 0 Å². The topological polar surface area (TPSA) is 25.2 Å². The quantitative estimate of drug-likeness (QED) is 0.806. The van der Waals surface area contributed by atoms with E-state index in [4.69, 9.17) is 0 Å². The molecule has 1 aromatic heterocycles. The summed E-state index contributed by atoms with van der Waals surface area (Å²) < 4.78 is 26.8. The molecule has 2 rings (SSSR count). The van der Waals surface area contributed by atoms with Crippen LogP contribution in [0.1, 0.15) is 54.8 Å². The summed E-state index contributed by atoms with van der Waals surface area (Å²) >= 11 is 0. The second-order valence-electron chi connectivity index (χ2n) is 5.07. The van der Waals surface area contributed by atoms with Crippen LogP contribution >= 0.6 is 0 Å². The van der Waals surface area contributed by atoms with Gasteiger partial charge in [0.2, 0.25) is 0 Å². The Morgan fingerprint density at radius 3 is 2.26 bits per heavy atom. The summed E-state index contributed by atoms with van der Waals surface area (Å²) in [5.41, 5.74) is 0.526. The van der Waals surface area contributed by atoms with Gasteiger partial charge in [0.15, 0.2) is 0 Å². The van der Waals surface area contributed by atoms with E-state index in [1.807, 2.05) is 0 Å².